The third-order valence-electron chi connectivity index (χ3n) is 1.68. The van der Waals surface area contributed by atoms with Crippen LogP contribution in [0.2, 0.25) is 0 Å². The highest BCUT2D eigenvalue weighted by molar-refractivity contribution is 7.96. The van der Waals surface area contributed by atoms with E-state index >= 15 is 0 Å². The molecular weight excluding hydrogens is 216 g/mol. The lowest BCUT2D eigenvalue weighted by molar-refractivity contribution is 0.923. The fourth-order valence-electron chi connectivity index (χ4n) is 0.957. The van der Waals surface area contributed by atoms with E-state index in [1.54, 1.807) is 6.08 Å². The van der Waals surface area contributed by atoms with Crippen LogP contribution in [0.4, 0.5) is 0 Å². The molecule has 0 radical (unpaired) electrons. The maximum Gasteiger partial charge on any atom is 0.150 e. The Balaban J connectivity index is 0.00000169. The van der Waals surface area contributed by atoms with Crippen LogP contribution in [0.3, 0.4) is 0 Å². The van der Waals surface area contributed by atoms with Crippen LogP contribution in [0, 0.1) is 5.41 Å². The molecule has 0 atom stereocenters. The fraction of sp³-hybridized carbons (Fsp3) is 0.100. The maximum atomic E-state index is 7.06. The number of hydrogen-bond acceptors (Lipinski definition) is 1. The molecule has 0 heterocycles. The minimum Gasteiger partial charge on any atom is -0.361 e. The third-order valence-corrected chi connectivity index (χ3v) is 1.83. The van der Waals surface area contributed by atoms with Crippen molar-refractivity contribution in [2.24, 2.45) is 0 Å². The van der Waals surface area contributed by atoms with Crippen molar-refractivity contribution in [3.05, 3.63) is 42.0 Å². The van der Waals surface area contributed by atoms with E-state index in [0.29, 0.717) is 6.54 Å². The zero-order valence-electron chi connectivity index (χ0n) is 7.66. The lowest BCUT2D eigenvalue weighted by atomic mass is 10.1. The van der Waals surface area contributed by atoms with Gasteiger partial charge >= 0.3 is 0 Å². The molecule has 0 fully saturated rings. The zero-order chi connectivity index (χ0) is 9.68. The van der Waals surface area contributed by atoms with Crippen molar-refractivity contribution >= 4 is 36.3 Å². The predicted octanol–water partition coefficient (Wildman–Crippen LogP) is 2.71. The number of nitrogens with one attached hydrogen (secondary N) is 2. The molecule has 1 rings (SSSR count). The van der Waals surface area contributed by atoms with Crippen LogP contribution in [0.15, 0.2) is 30.8 Å². The van der Waals surface area contributed by atoms with Crippen molar-refractivity contribution in [1.82, 2.24) is 5.32 Å². The van der Waals surface area contributed by atoms with E-state index in [1.807, 2.05) is 24.3 Å². The molecule has 0 spiro atoms. The third kappa shape index (κ3) is 4.35. The standard InChI is InChI=1S/C10H12N2S.ClH/c1-2-8-3-5-9(6-4-8)7-12-10(11)13;/h2-6H,1,7H2,(H3,11,12,13);1H. The molecule has 2 nitrogen and oxygen atoms in total. The molecule has 0 bridgehead atoms. The highest BCUT2D eigenvalue weighted by atomic mass is 35.5. The van der Waals surface area contributed by atoms with Gasteiger partial charge in [0.1, 0.15) is 0 Å². The van der Waals surface area contributed by atoms with E-state index in [9.17, 15) is 0 Å². The highest BCUT2D eigenvalue weighted by Crippen LogP contribution is 2.04. The topological polar surface area (TPSA) is 35.9 Å². The van der Waals surface area contributed by atoms with Gasteiger partial charge in [-0.25, -0.2) is 0 Å². The van der Waals surface area contributed by atoms with Crippen LogP contribution in [0.1, 0.15) is 11.1 Å². The smallest absolute Gasteiger partial charge is 0.150 e. The Kier molecular flexibility index (Phi) is 6.08. The van der Waals surface area contributed by atoms with Crippen molar-refractivity contribution in [2.45, 2.75) is 6.54 Å². The molecule has 0 aliphatic carbocycles. The summed E-state index contributed by atoms with van der Waals surface area (Å²) in [5, 5.41) is 10.1. The molecule has 1 aromatic rings. The van der Waals surface area contributed by atoms with Gasteiger partial charge in [-0.05, 0) is 11.1 Å². The maximum absolute atomic E-state index is 7.06. The van der Waals surface area contributed by atoms with Crippen LogP contribution in [-0.2, 0) is 6.54 Å². The van der Waals surface area contributed by atoms with Crippen molar-refractivity contribution < 1.29 is 0 Å². The Bertz CT molecular complexity index is 308. The number of halogens is 1. The minimum atomic E-state index is 0. The summed E-state index contributed by atoms with van der Waals surface area (Å²) in [6, 6.07) is 7.99. The van der Waals surface area contributed by atoms with Gasteiger partial charge in [-0.3, -0.25) is 5.41 Å². The molecule has 4 heteroatoms. The first-order valence-electron chi connectivity index (χ1n) is 3.95. The van der Waals surface area contributed by atoms with Crippen molar-refractivity contribution in [2.75, 3.05) is 0 Å². The second-order valence-corrected chi connectivity index (χ2v) is 3.10. The second kappa shape index (κ2) is 6.51. The predicted molar refractivity (Wildman–Crippen MR) is 67.3 cm³/mol. The zero-order valence-corrected chi connectivity index (χ0v) is 9.37. The van der Waals surface area contributed by atoms with Gasteiger partial charge in [0.2, 0.25) is 0 Å². The second-order valence-electron chi connectivity index (χ2n) is 2.65. The van der Waals surface area contributed by atoms with Crippen LogP contribution in [-0.4, -0.2) is 5.17 Å². The van der Waals surface area contributed by atoms with Gasteiger partial charge in [-0.15, -0.1) is 25.0 Å². The Hall–Kier alpha value is -0.930. The summed E-state index contributed by atoms with van der Waals surface area (Å²) in [7, 11) is 0. The Morgan fingerprint density at radius 1 is 1.43 bits per heavy atom. The van der Waals surface area contributed by atoms with Crippen LogP contribution >= 0.6 is 25.0 Å². The SMILES string of the molecule is C=Cc1ccc(CNC(=N)S)cc1.Cl. The summed E-state index contributed by atoms with van der Waals surface area (Å²) >= 11 is 3.82. The molecule has 1 aromatic carbocycles. The molecule has 0 unspecified atom stereocenters. The summed E-state index contributed by atoms with van der Waals surface area (Å²) < 4.78 is 0. The Morgan fingerprint density at radius 2 is 2.00 bits per heavy atom. The normalized spacial score (nSPS) is 8.64. The summed E-state index contributed by atoms with van der Waals surface area (Å²) in [4.78, 5) is 0. The van der Waals surface area contributed by atoms with Crippen LogP contribution < -0.4 is 5.32 Å². The van der Waals surface area contributed by atoms with Gasteiger partial charge in [-0.2, -0.15) is 0 Å². The molecule has 0 aliphatic rings. The first kappa shape index (κ1) is 13.1. The Labute approximate surface area is 95.7 Å². The van der Waals surface area contributed by atoms with Gasteiger partial charge in [0.05, 0.1) is 0 Å². The number of benzene rings is 1. The molecule has 0 aromatic heterocycles. The van der Waals surface area contributed by atoms with E-state index in [-0.39, 0.29) is 17.6 Å². The van der Waals surface area contributed by atoms with Crippen LogP contribution in [0.25, 0.3) is 6.08 Å². The van der Waals surface area contributed by atoms with Crippen molar-refractivity contribution in [1.29, 1.82) is 5.41 Å². The van der Waals surface area contributed by atoms with Gasteiger partial charge in [0.15, 0.2) is 5.17 Å². The van der Waals surface area contributed by atoms with Crippen molar-refractivity contribution in [3.63, 3.8) is 0 Å². The van der Waals surface area contributed by atoms with E-state index in [1.165, 1.54) is 0 Å². The largest absolute Gasteiger partial charge is 0.361 e. The first-order chi connectivity index (χ1) is 6.22. The van der Waals surface area contributed by atoms with E-state index in [2.05, 4.69) is 24.5 Å². The molecule has 0 saturated carbocycles. The quantitative estimate of drug-likeness (QED) is 0.415. The van der Waals surface area contributed by atoms with Crippen LogP contribution in [0.5, 0.6) is 0 Å². The lowest BCUT2D eigenvalue weighted by Crippen LogP contribution is -2.16. The molecule has 0 saturated heterocycles. The first-order valence-corrected chi connectivity index (χ1v) is 4.40. The average Bonchev–Trinajstić information content (AvgIpc) is 2.15. The minimum absolute atomic E-state index is 0. The molecule has 14 heavy (non-hydrogen) atoms. The van der Waals surface area contributed by atoms with Gasteiger partial charge in [-0.1, -0.05) is 36.9 Å². The average molecular weight is 229 g/mol. The monoisotopic (exact) mass is 228 g/mol. The molecule has 0 amide bonds. The summed E-state index contributed by atoms with van der Waals surface area (Å²) in [5.41, 5.74) is 2.23. The summed E-state index contributed by atoms with van der Waals surface area (Å²) in [5.74, 6) is 0. The van der Waals surface area contributed by atoms with E-state index in [0.717, 1.165) is 11.1 Å². The highest BCUT2D eigenvalue weighted by Gasteiger charge is 1.92. The number of thiol groups is 1. The van der Waals surface area contributed by atoms with E-state index in [4.69, 9.17) is 5.41 Å². The van der Waals surface area contributed by atoms with Gasteiger partial charge < -0.3 is 5.32 Å². The molecule has 2 N–H and O–H groups in total. The van der Waals surface area contributed by atoms with E-state index < -0.39 is 0 Å². The summed E-state index contributed by atoms with van der Waals surface area (Å²) in [6.07, 6.45) is 1.80. The summed E-state index contributed by atoms with van der Waals surface area (Å²) in [6.45, 7) is 4.31. The fourth-order valence-corrected chi connectivity index (χ4v) is 1.04. The van der Waals surface area contributed by atoms with Crippen molar-refractivity contribution in [3.8, 4) is 0 Å². The van der Waals surface area contributed by atoms with Gasteiger partial charge in [0.25, 0.3) is 0 Å². The Morgan fingerprint density at radius 3 is 2.43 bits per heavy atom. The lowest BCUT2D eigenvalue weighted by Gasteiger charge is -2.03. The molecule has 0 aliphatic heterocycles. The number of rotatable bonds is 3. The number of hydrogen-bond donors (Lipinski definition) is 3. The van der Waals surface area contributed by atoms with Gasteiger partial charge in [0, 0.05) is 6.54 Å². The number of amidine groups is 1. The molecule has 76 valence electrons. The molecular formula is C10H13ClN2S.